The Bertz CT molecular complexity index is 854. The molecule has 1 heterocycles. The summed E-state index contributed by atoms with van der Waals surface area (Å²) in [5.41, 5.74) is 0.658. The van der Waals surface area contributed by atoms with Gasteiger partial charge in [0.25, 0.3) is 11.8 Å². The van der Waals surface area contributed by atoms with Crippen molar-refractivity contribution >= 4 is 48.3 Å². The van der Waals surface area contributed by atoms with Gasteiger partial charge in [-0.15, -0.1) is 11.6 Å². The van der Waals surface area contributed by atoms with E-state index in [-0.39, 0.29) is 22.7 Å². The van der Waals surface area contributed by atoms with E-state index in [0.717, 1.165) is 29.9 Å². The minimum absolute atomic E-state index is 0.0952. The highest BCUT2D eigenvalue weighted by Gasteiger charge is 2.41. The van der Waals surface area contributed by atoms with E-state index >= 15 is 0 Å². The lowest BCUT2D eigenvalue weighted by atomic mass is 9.93. The van der Waals surface area contributed by atoms with Crippen molar-refractivity contribution in [2.45, 2.75) is 37.2 Å². The third kappa shape index (κ3) is 3.47. The van der Waals surface area contributed by atoms with Crippen LogP contribution in [0, 0.1) is 5.82 Å². The molecule has 1 aromatic rings. The standard InChI is InChI=1S/C16H15Cl2FNO5P/c17-11-7-12(19)13(5-8(11)6-14(18)26(23,24)25)20-15(21)9-3-1-2-4-10(9)16(20)22/h5,7,14H,1-4,6H2,(H2,23,24,25). The van der Waals surface area contributed by atoms with Gasteiger partial charge in [0.2, 0.25) is 0 Å². The fourth-order valence-corrected chi connectivity index (χ4v) is 4.00. The lowest BCUT2D eigenvalue weighted by Crippen LogP contribution is -2.32. The van der Waals surface area contributed by atoms with Gasteiger partial charge in [-0.1, -0.05) is 11.6 Å². The summed E-state index contributed by atoms with van der Waals surface area (Å²) in [6.07, 6.45) is 2.18. The van der Waals surface area contributed by atoms with E-state index in [1.807, 2.05) is 0 Å². The van der Waals surface area contributed by atoms with E-state index < -0.39 is 30.3 Å². The summed E-state index contributed by atoms with van der Waals surface area (Å²) in [7, 11) is -4.58. The number of hydrogen-bond donors (Lipinski definition) is 2. The normalized spacial score (nSPS) is 19.2. The predicted molar refractivity (Wildman–Crippen MR) is 94.8 cm³/mol. The fraction of sp³-hybridized carbons (Fsp3) is 0.375. The lowest BCUT2D eigenvalue weighted by molar-refractivity contribution is -0.120. The molecule has 1 aliphatic carbocycles. The van der Waals surface area contributed by atoms with Crippen molar-refractivity contribution in [2.75, 3.05) is 4.90 Å². The average Bonchev–Trinajstić information content (AvgIpc) is 2.81. The van der Waals surface area contributed by atoms with Crippen LogP contribution in [0.5, 0.6) is 0 Å². The molecule has 1 aliphatic heterocycles. The first-order valence-corrected chi connectivity index (χ1v) is 10.4. The Hall–Kier alpha value is -1.24. The van der Waals surface area contributed by atoms with E-state index in [4.69, 9.17) is 33.0 Å². The molecule has 10 heteroatoms. The molecule has 0 radical (unpaired) electrons. The number of amides is 2. The van der Waals surface area contributed by atoms with Crippen molar-refractivity contribution in [3.63, 3.8) is 0 Å². The number of benzene rings is 1. The van der Waals surface area contributed by atoms with Crippen LogP contribution >= 0.6 is 30.8 Å². The molecule has 0 fully saturated rings. The van der Waals surface area contributed by atoms with Crippen LogP contribution in [0.3, 0.4) is 0 Å². The van der Waals surface area contributed by atoms with Crippen molar-refractivity contribution in [2.24, 2.45) is 0 Å². The monoisotopic (exact) mass is 421 g/mol. The summed E-state index contributed by atoms with van der Waals surface area (Å²) in [5.74, 6) is -1.99. The SMILES string of the molecule is O=C1C2=C(CCCC2)C(=O)N1c1cc(CC(Cl)P(=O)(O)O)c(Cl)cc1F. The Morgan fingerprint density at radius 1 is 1.15 bits per heavy atom. The number of alkyl halides is 1. The molecule has 1 atom stereocenters. The zero-order valence-corrected chi connectivity index (χ0v) is 15.8. The third-order valence-corrected chi connectivity index (χ3v) is 6.68. The first kappa shape index (κ1) is 19.5. The van der Waals surface area contributed by atoms with Crippen LogP contribution in [0.25, 0.3) is 0 Å². The summed E-state index contributed by atoms with van der Waals surface area (Å²) in [6, 6.07) is 2.06. The van der Waals surface area contributed by atoms with Crippen LogP contribution in [0.15, 0.2) is 23.3 Å². The van der Waals surface area contributed by atoms with Crippen LogP contribution in [-0.2, 0) is 20.6 Å². The Morgan fingerprint density at radius 2 is 1.69 bits per heavy atom. The van der Waals surface area contributed by atoms with E-state index in [9.17, 15) is 18.5 Å². The van der Waals surface area contributed by atoms with Gasteiger partial charge in [0, 0.05) is 22.6 Å². The highest BCUT2D eigenvalue weighted by Crippen LogP contribution is 2.46. The Kier molecular flexibility index (Phi) is 5.30. The molecule has 2 amide bonds. The molecule has 0 spiro atoms. The van der Waals surface area contributed by atoms with Crippen LogP contribution < -0.4 is 4.90 Å². The largest absolute Gasteiger partial charge is 0.343 e. The molecule has 1 aromatic carbocycles. The number of halogens is 3. The van der Waals surface area contributed by atoms with Crippen LogP contribution in [0.4, 0.5) is 10.1 Å². The van der Waals surface area contributed by atoms with Gasteiger partial charge >= 0.3 is 7.60 Å². The van der Waals surface area contributed by atoms with Crippen LogP contribution in [-0.4, -0.2) is 26.7 Å². The molecule has 26 heavy (non-hydrogen) atoms. The molecule has 6 nitrogen and oxygen atoms in total. The summed E-state index contributed by atoms with van der Waals surface area (Å²) >= 11 is 11.6. The van der Waals surface area contributed by atoms with Crippen molar-refractivity contribution in [1.82, 2.24) is 0 Å². The molecular formula is C16H15Cl2FNO5P. The molecule has 0 bridgehead atoms. The van der Waals surface area contributed by atoms with Gasteiger partial charge in [-0.05, 0) is 43.4 Å². The highest BCUT2D eigenvalue weighted by atomic mass is 35.5. The van der Waals surface area contributed by atoms with Gasteiger partial charge in [-0.3, -0.25) is 14.2 Å². The van der Waals surface area contributed by atoms with Crippen molar-refractivity contribution in [3.8, 4) is 0 Å². The van der Waals surface area contributed by atoms with Gasteiger partial charge in [-0.2, -0.15) is 0 Å². The minimum Gasteiger partial charge on any atom is -0.323 e. The Morgan fingerprint density at radius 3 is 2.19 bits per heavy atom. The highest BCUT2D eigenvalue weighted by molar-refractivity contribution is 7.54. The number of imide groups is 1. The topological polar surface area (TPSA) is 94.9 Å². The molecular weight excluding hydrogens is 407 g/mol. The molecule has 3 rings (SSSR count). The molecule has 0 aromatic heterocycles. The zero-order chi connectivity index (χ0) is 19.2. The fourth-order valence-electron chi connectivity index (χ4n) is 3.17. The van der Waals surface area contributed by atoms with Gasteiger partial charge in [0.15, 0.2) is 0 Å². The predicted octanol–water partition coefficient (Wildman–Crippen LogP) is 3.51. The molecule has 1 unspecified atom stereocenters. The zero-order valence-electron chi connectivity index (χ0n) is 13.4. The molecule has 0 saturated carbocycles. The molecule has 0 saturated heterocycles. The maximum Gasteiger partial charge on any atom is 0.343 e. The van der Waals surface area contributed by atoms with Gasteiger partial charge in [-0.25, -0.2) is 9.29 Å². The Labute approximate surface area is 158 Å². The smallest absolute Gasteiger partial charge is 0.323 e. The number of carbonyl (C=O) groups excluding carboxylic acids is 2. The quantitative estimate of drug-likeness (QED) is 0.440. The number of carbonyl (C=O) groups is 2. The summed E-state index contributed by atoms with van der Waals surface area (Å²) in [5, 5.41) is -1.66. The van der Waals surface area contributed by atoms with Crippen LogP contribution in [0.1, 0.15) is 31.2 Å². The molecule has 2 N–H and O–H groups in total. The van der Waals surface area contributed by atoms with E-state index in [2.05, 4.69) is 0 Å². The molecule has 2 aliphatic rings. The minimum atomic E-state index is -4.58. The second-order valence-corrected chi connectivity index (χ2v) is 9.27. The van der Waals surface area contributed by atoms with Gasteiger partial charge in [0.05, 0.1) is 5.69 Å². The summed E-state index contributed by atoms with van der Waals surface area (Å²) < 4.78 is 25.7. The van der Waals surface area contributed by atoms with E-state index in [0.29, 0.717) is 24.0 Å². The lowest BCUT2D eigenvalue weighted by Gasteiger charge is -2.19. The van der Waals surface area contributed by atoms with Crippen molar-refractivity contribution in [3.05, 3.63) is 39.7 Å². The average molecular weight is 422 g/mol. The second kappa shape index (κ2) is 7.06. The maximum absolute atomic E-state index is 14.4. The first-order valence-electron chi connectivity index (χ1n) is 7.89. The first-order chi connectivity index (χ1) is 12.1. The van der Waals surface area contributed by atoms with E-state index in [1.54, 1.807) is 0 Å². The maximum atomic E-state index is 14.4. The van der Waals surface area contributed by atoms with Crippen molar-refractivity contribution < 1.29 is 28.3 Å². The number of nitrogens with zero attached hydrogens (tertiary/aromatic N) is 1. The van der Waals surface area contributed by atoms with Crippen molar-refractivity contribution in [1.29, 1.82) is 0 Å². The molecule has 140 valence electrons. The van der Waals surface area contributed by atoms with Crippen LogP contribution in [0.2, 0.25) is 5.02 Å². The summed E-state index contributed by atoms with van der Waals surface area (Å²) in [6.45, 7) is 0. The van der Waals surface area contributed by atoms with Gasteiger partial charge < -0.3 is 9.79 Å². The number of anilines is 1. The summed E-state index contributed by atoms with van der Waals surface area (Å²) in [4.78, 5) is 44.2. The Balaban J connectivity index is 1.99. The third-order valence-electron chi connectivity index (χ3n) is 4.50. The second-order valence-electron chi connectivity index (χ2n) is 6.23. The number of hydrogen-bond acceptors (Lipinski definition) is 3. The number of rotatable bonds is 4. The van der Waals surface area contributed by atoms with E-state index in [1.165, 1.54) is 0 Å². The van der Waals surface area contributed by atoms with Gasteiger partial charge in [0.1, 0.15) is 10.9 Å².